The lowest BCUT2D eigenvalue weighted by Gasteiger charge is -2.13. The zero-order valence-corrected chi connectivity index (χ0v) is 14.1. The number of amides is 2. The summed E-state index contributed by atoms with van der Waals surface area (Å²) in [5, 5.41) is 6.28. The van der Waals surface area contributed by atoms with E-state index in [0.29, 0.717) is 5.56 Å². The van der Waals surface area contributed by atoms with Gasteiger partial charge in [-0.1, -0.05) is 0 Å². The third-order valence-electron chi connectivity index (χ3n) is 3.23. The molecule has 0 saturated heterocycles. The molecule has 134 valence electrons. The molecule has 0 heterocycles. The molecule has 1 fully saturated rings. The van der Waals surface area contributed by atoms with Crippen molar-refractivity contribution in [1.82, 2.24) is 10.7 Å². The number of nitrogens with one attached hydrogen (secondary N) is 2. The van der Waals surface area contributed by atoms with Crippen molar-refractivity contribution in [2.75, 3.05) is 14.2 Å². The zero-order chi connectivity index (χ0) is 18.4. The summed E-state index contributed by atoms with van der Waals surface area (Å²) in [6, 6.07) is 3.17. The van der Waals surface area contributed by atoms with Crippen LogP contribution in [0.15, 0.2) is 17.2 Å². The van der Waals surface area contributed by atoms with Gasteiger partial charge in [0.2, 0.25) is 5.75 Å². The maximum absolute atomic E-state index is 11.6. The van der Waals surface area contributed by atoms with Crippen LogP contribution in [0, 0.1) is 0 Å². The minimum Gasteiger partial charge on any atom is -0.493 e. The molecule has 1 aliphatic rings. The summed E-state index contributed by atoms with van der Waals surface area (Å²) in [7, 11) is 2.82. The second kappa shape index (κ2) is 8.13. The predicted molar refractivity (Wildman–Crippen MR) is 87.8 cm³/mol. The van der Waals surface area contributed by atoms with Crippen LogP contribution in [0.25, 0.3) is 0 Å². The number of hydrazone groups is 1. The first-order valence-corrected chi connectivity index (χ1v) is 7.53. The monoisotopic (exact) mass is 349 g/mol. The molecule has 2 N–H and O–H groups in total. The van der Waals surface area contributed by atoms with E-state index in [0.717, 1.165) is 12.8 Å². The van der Waals surface area contributed by atoms with Crippen LogP contribution >= 0.6 is 0 Å². The Hall–Kier alpha value is -3.10. The summed E-state index contributed by atoms with van der Waals surface area (Å²) in [5.74, 6) is -1.43. The minimum atomic E-state index is -0.849. The summed E-state index contributed by atoms with van der Waals surface area (Å²) in [4.78, 5) is 34.3. The first kappa shape index (κ1) is 18.2. The number of hydrogen-bond acceptors (Lipinski definition) is 7. The molecule has 9 nitrogen and oxygen atoms in total. The van der Waals surface area contributed by atoms with E-state index in [1.807, 2.05) is 0 Å². The Kier molecular flexibility index (Phi) is 5.93. The average Bonchev–Trinajstić information content (AvgIpc) is 3.38. The van der Waals surface area contributed by atoms with Crippen molar-refractivity contribution in [1.29, 1.82) is 0 Å². The van der Waals surface area contributed by atoms with Crippen LogP contribution < -0.4 is 25.0 Å². The van der Waals surface area contributed by atoms with Gasteiger partial charge < -0.3 is 19.5 Å². The molecule has 0 atom stereocenters. The number of benzene rings is 1. The first-order valence-electron chi connectivity index (χ1n) is 7.53. The van der Waals surface area contributed by atoms with Crippen LogP contribution in [-0.2, 0) is 14.4 Å². The molecule has 25 heavy (non-hydrogen) atoms. The Bertz CT molecular complexity index is 687. The van der Waals surface area contributed by atoms with Crippen LogP contribution in [-0.4, -0.2) is 44.3 Å². The molecule has 0 unspecified atom stereocenters. The van der Waals surface area contributed by atoms with Crippen LogP contribution in [0.3, 0.4) is 0 Å². The number of rotatable bonds is 6. The van der Waals surface area contributed by atoms with Gasteiger partial charge >= 0.3 is 17.8 Å². The van der Waals surface area contributed by atoms with Crippen LogP contribution in [0.5, 0.6) is 17.2 Å². The van der Waals surface area contributed by atoms with Gasteiger partial charge in [0.05, 0.1) is 20.4 Å². The zero-order valence-electron chi connectivity index (χ0n) is 14.1. The number of methoxy groups -OCH3 is 2. The smallest absolute Gasteiger partial charge is 0.329 e. The summed E-state index contributed by atoms with van der Waals surface area (Å²) >= 11 is 0. The highest BCUT2D eigenvalue weighted by Gasteiger charge is 2.26. The second-order valence-electron chi connectivity index (χ2n) is 5.30. The van der Waals surface area contributed by atoms with E-state index in [1.165, 1.54) is 27.4 Å². The summed E-state index contributed by atoms with van der Waals surface area (Å²) < 4.78 is 15.4. The van der Waals surface area contributed by atoms with Crippen molar-refractivity contribution < 1.29 is 28.6 Å². The van der Waals surface area contributed by atoms with E-state index in [2.05, 4.69) is 15.8 Å². The lowest BCUT2D eigenvalue weighted by molar-refractivity contribution is -0.139. The summed E-state index contributed by atoms with van der Waals surface area (Å²) in [6.45, 7) is 1.26. The normalized spacial score (nSPS) is 13.2. The number of hydrogen-bond donors (Lipinski definition) is 2. The number of carbonyl (C=O) groups is 3. The summed E-state index contributed by atoms with van der Waals surface area (Å²) in [5.41, 5.74) is 2.64. The predicted octanol–water partition coefficient (Wildman–Crippen LogP) is 0.358. The highest BCUT2D eigenvalue weighted by Crippen LogP contribution is 2.38. The maximum Gasteiger partial charge on any atom is 0.329 e. The van der Waals surface area contributed by atoms with E-state index in [1.54, 1.807) is 12.1 Å². The van der Waals surface area contributed by atoms with Gasteiger partial charge in [0, 0.05) is 18.5 Å². The van der Waals surface area contributed by atoms with E-state index in [-0.39, 0.29) is 23.3 Å². The van der Waals surface area contributed by atoms with Crippen molar-refractivity contribution in [3.63, 3.8) is 0 Å². The van der Waals surface area contributed by atoms with Crippen LogP contribution in [0.1, 0.15) is 25.3 Å². The number of carbonyl (C=O) groups excluding carboxylic acids is 3. The highest BCUT2D eigenvalue weighted by molar-refractivity contribution is 6.35. The van der Waals surface area contributed by atoms with E-state index < -0.39 is 17.8 Å². The quantitative estimate of drug-likeness (QED) is 0.252. The highest BCUT2D eigenvalue weighted by atomic mass is 16.6. The molecule has 1 aromatic carbocycles. The molecule has 0 radical (unpaired) electrons. The molecule has 9 heteroatoms. The van der Waals surface area contributed by atoms with Crippen molar-refractivity contribution in [2.45, 2.75) is 25.8 Å². The van der Waals surface area contributed by atoms with E-state index >= 15 is 0 Å². The molecule has 1 saturated carbocycles. The summed E-state index contributed by atoms with van der Waals surface area (Å²) in [6.07, 6.45) is 3.08. The van der Waals surface area contributed by atoms with Gasteiger partial charge in [-0.05, 0) is 25.0 Å². The molecule has 0 aliphatic heterocycles. The number of esters is 1. The minimum absolute atomic E-state index is 0.0876. The fourth-order valence-electron chi connectivity index (χ4n) is 1.91. The fourth-order valence-corrected chi connectivity index (χ4v) is 1.91. The fraction of sp³-hybridized carbons (Fsp3) is 0.375. The van der Waals surface area contributed by atoms with Gasteiger partial charge in [0.25, 0.3) is 0 Å². The van der Waals surface area contributed by atoms with Gasteiger partial charge in [-0.3, -0.25) is 14.4 Å². The van der Waals surface area contributed by atoms with Gasteiger partial charge in [0.1, 0.15) is 0 Å². The standard InChI is InChI=1S/C16H19N3O6/c1-9(20)25-14-12(23-2)6-10(7-13(14)24-3)8-17-19-16(22)15(21)18-11-4-5-11/h6-8,11H,4-5H2,1-3H3,(H,18,21)(H,19,22)/b17-8-. The van der Waals surface area contributed by atoms with Crippen LogP contribution in [0.2, 0.25) is 0 Å². The van der Waals surface area contributed by atoms with Crippen molar-refractivity contribution in [3.05, 3.63) is 17.7 Å². The molecule has 1 aromatic rings. The average molecular weight is 349 g/mol. The Balaban J connectivity index is 2.08. The first-order chi connectivity index (χ1) is 11.9. The molecule has 2 amide bonds. The van der Waals surface area contributed by atoms with Crippen LogP contribution in [0.4, 0.5) is 0 Å². The molecule has 0 spiro atoms. The SMILES string of the molecule is COc1cc(/C=N\NC(=O)C(=O)NC2CC2)cc(OC)c1OC(C)=O. The second-order valence-corrected chi connectivity index (χ2v) is 5.30. The van der Waals surface area contributed by atoms with Crippen molar-refractivity contribution in [2.24, 2.45) is 5.10 Å². The van der Waals surface area contributed by atoms with E-state index in [9.17, 15) is 14.4 Å². The third kappa shape index (κ3) is 5.20. The number of ether oxygens (including phenoxy) is 3. The Morgan fingerprint density at radius 1 is 1.12 bits per heavy atom. The Morgan fingerprint density at radius 2 is 1.72 bits per heavy atom. The molecule has 0 aromatic heterocycles. The largest absolute Gasteiger partial charge is 0.493 e. The topological polar surface area (TPSA) is 115 Å². The molecular formula is C16H19N3O6. The molecule has 1 aliphatic carbocycles. The molecule has 0 bridgehead atoms. The molecule has 2 rings (SSSR count). The van der Waals surface area contributed by atoms with Gasteiger partial charge in [-0.2, -0.15) is 5.10 Å². The maximum atomic E-state index is 11.6. The Labute approximate surface area is 144 Å². The van der Waals surface area contributed by atoms with Crippen molar-refractivity contribution in [3.8, 4) is 17.2 Å². The molecular weight excluding hydrogens is 330 g/mol. The Morgan fingerprint density at radius 3 is 2.20 bits per heavy atom. The third-order valence-corrected chi connectivity index (χ3v) is 3.23. The van der Waals surface area contributed by atoms with Gasteiger partial charge in [-0.25, -0.2) is 5.43 Å². The lowest BCUT2D eigenvalue weighted by atomic mass is 10.2. The van der Waals surface area contributed by atoms with Gasteiger partial charge in [-0.15, -0.1) is 0 Å². The lowest BCUT2D eigenvalue weighted by Crippen LogP contribution is -2.38. The van der Waals surface area contributed by atoms with E-state index in [4.69, 9.17) is 14.2 Å². The number of nitrogens with zero attached hydrogens (tertiary/aromatic N) is 1. The van der Waals surface area contributed by atoms with Crippen molar-refractivity contribution >= 4 is 24.0 Å². The van der Waals surface area contributed by atoms with Gasteiger partial charge in [0.15, 0.2) is 11.5 Å².